The number of rotatable bonds is 7. The molecule has 10 nitrogen and oxygen atoms in total. The normalized spacial score (nSPS) is 19.8. The second kappa shape index (κ2) is 11.4. The lowest BCUT2D eigenvalue weighted by Crippen LogP contribution is -2.60. The van der Waals surface area contributed by atoms with Crippen LogP contribution in [0.5, 0.6) is 0 Å². The van der Waals surface area contributed by atoms with Crippen molar-refractivity contribution in [3.63, 3.8) is 0 Å². The predicted molar refractivity (Wildman–Crippen MR) is 152 cm³/mol. The van der Waals surface area contributed by atoms with Gasteiger partial charge in [-0.05, 0) is 49.1 Å². The van der Waals surface area contributed by atoms with Crippen LogP contribution in [0.3, 0.4) is 0 Å². The van der Waals surface area contributed by atoms with Gasteiger partial charge in [0, 0.05) is 82.7 Å². The molecule has 206 valence electrons. The topological polar surface area (TPSA) is 109 Å². The van der Waals surface area contributed by atoms with E-state index in [-0.39, 0.29) is 17.5 Å². The van der Waals surface area contributed by atoms with Gasteiger partial charge in [0.2, 0.25) is 0 Å². The highest BCUT2D eigenvalue weighted by Crippen LogP contribution is 2.19. The number of H-pyrrole nitrogens is 1. The van der Waals surface area contributed by atoms with Crippen molar-refractivity contribution in [2.45, 2.75) is 44.8 Å². The van der Waals surface area contributed by atoms with E-state index in [4.69, 9.17) is 0 Å². The van der Waals surface area contributed by atoms with Gasteiger partial charge in [-0.25, -0.2) is 4.98 Å². The molecule has 6 rings (SSSR count). The molecular formula is C29H38N8O2. The zero-order chi connectivity index (χ0) is 26.8. The third-order valence-corrected chi connectivity index (χ3v) is 8.47. The van der Waals surface area contributed by atoms with Gasteiger partial charge in [-0.15, -0.1) is 0 Å². The molecule has 3 aliphatic rings. The number of aryl methyl sites for hydroxylation is 1. The van der Waals surface area contributed by atoms with Crippen LogP contribution in [0.1, 0.15) is 41.4 Å². The van der Waals surface area contributed by atoms with E-state index >= 15 is 0 Å². The van der Waals surface area contributed by atoms with Crippen molar-refractivity contribution in [3.8, 4) is 0 Å². The van der Waals surface area contributed by atoms with Crippen molar-refractivity contribution in [2.75, 3.05) is 57.3 Å². The van der Waals surface area contributed by atoms with Crippen molar-refractivity contribution >= 4 is 22.6 Å². The summed E-state index contributed by atoms with van der Waals surface area (Å²) >= 11 is 0. The number of nitrogens with zero attached hydrogens (tertiary/aromatic N) is 5. The summed E-state index contributed by atoms with van der Waals surface area (Å²) in [7, 11) is 0. The number of piperidine rings is 1. The molecule has 10 heteroatoms. The van der Waals surface area contributed by atoms with Crippen molar-refractivity contribution in [3.05, 3.63) is 63.8 Å². The molecule has 6 heterocycles. The number of aromatic nitrogens is 3. The molecule has 0 aromatic carbocycles. The summed E-state index contributed by atoms with van der Waals surface area (Å²) in [6, 6.07) is 8.68. The number of carbonyl (C=O) groups is 1. The number of hydrogen-bond donors (Lipinski definition) is 3. The lowest BCUT2D eigenvalue weighted by molar-refractivity contribution is 0.0844. The van der Waals surface area contributed by atoms with Crippen molar-refractivity contribution in [2.24, 2.45) is 0 Å². The first-order chi connectivity index (χ1) is 19.1. The second-order valence-corrected chi connectivity index (χ2v) is 11.0. The summed E-state index contributed by atoms with van der Waals surface area (Å²) in [6.45, 7) is 10.7. The number of amides is 1. The molecule has 0 radical (unpaired) electrons. The number of pyridine rings is 3. The van der Waals surface area contributed by atoms with Gasteiger partial charge in [-0.2, -0.15) is 0 Å². The molecule has 3 aliphatic heterocycles. The summed E-state index contributed by atoms with van der Waals surface area (Å²) in [5, 5.41) is 6.53. The lowest BCUT2D eigenvalue weighted by atomic mass is 10.0. The molecule has 3 saturated heterocycles. The van der Waals surface area contributed by atoms with Crippen LogP contribution < -0.4 is 21.1 Å². The summed E-state index contributed by atoms with van der Waals surface area (Å²) in [5.41, 5.74) is 4.98. The van der Waals surface area contributed by atoms with Gasteiger partial charge in [0.15, 0.2) is 0 Å². The smallest absolute Gasteiger partial charge is 0.270 e. The summed E-state index contributed by atoms with van der Waals surface area (Å²) < 4.78 is 0. The van der Waals surface area contributed by atoms with Crippen LogP contribution in [0, 0.1) is 0 Å². The SMILES string of the molecule is CCc1cc2ncc(CN3CCN(c4ccc(C(=O)NC5CCN(C6CNC6)CC5)nc4)CC3)cc2[nH]c1=O. The molecule has 3 aromatic rings. The molecule has 0 atom stereocenters. The van der Waals surface area contributed by atoms with Crippen LogP contribution in [0.25, 0.3) is 11.0 Å². The maximum Gasteiger partial charge on any atom is 0.270 e. The van der Waals surface area contributed by atoms with Crippen LogP contribution >= 0.6 is 0 Å². The zero-order valence-electron chi connectivity index (χ0n) is 22.7. The molecule has 39 heavy (non-hydrogen) atoms. The molecule has 0 unspecified atom stereocenters. The molecule has 0 spiro atoms. The molecule has 1 amide bonds. The van der Waals surface area contributed by atoms with Gasteiger partial charge in [-0.1, -0.05) is 6.92 Å². The fourth-order valence-electron chi connectivity index (χ4n) is 5.85. The van der Waals surface area contributed by atoms with Crippen LogP contribution in [0.15, 0.2) is 41.5 Å². The van der Waals surface area contributed by atoms with E-state index in [9.17, 15) is 9.59 Å². The molecular weight excluding hydrogens is 492 g/mol. The van der Waals surface area contributed by atoms with Gasteiger partial charge in [0.25, 0.3) is 11.5 Å². The van der Waals surface area contributed by atoms with E-state index in [1.807, 2.05) is 43.6 Å². The van der Waals surface area contributed by atoms with E-state index in [0.717, 1.165) is 99.6 Å². The third-order valence-electron chi connectivity index (χ3n) is 8.47. The highest BCUT2D eigenvalue weighted by Gasteiger charge is 2.29. The molecule has 3 aromatic heterocycles. The highest BCUT2D eigenvalue weighted by atomic mass is 16.2. The number of likely N-dealkylation sites (tertiary alicyclic amines) is 1. The molecule has 0 saturated carbocycles. The summed E-state index contributed by atoms with van der Waals surface area (Å²) in [4.78, 5) is 44.3. The first-order valence-electron chi connectivity index (χ1n) is 14.3. The molecule has 3 fully saturated rings. The van der Waals surface area contributed by atoms with Crippen LogP contribution in [0.2, 0.25) is 0 Å². The Bertz CT molecular complexity index is 1350. The molecule has 0 bridgehead atoms. The minimum atomic E-state index is -0.0774. The van der Waals surface area contributed by atoms with E-state index in [1.165, 1.54) is 0 Å². The van der Waals surface area contributed by atoms with Crippen LogP contribution in [0.4, 0.5) is 5.69 Å². The van der Waals surface area contributed by atoms with Gasteiger partial charge >= 0.3 is 0 Å². The second-order valence-electron chi connectivity index (χ2n) is 11.0. The monoisotopic (exact) mass is 530 g/mol. The van der Waals surface area contributed by atoms with Crippen molar-refractivity contribution in [1.82, 2.24) is 35.4 Å². The Hall–Kier alpha value is -3.34. The standard InChI is InChI=1S/C29H38N8O2/c1-2-21-14-26-27(34-28(21)38)13-20(15-31-26)19-35-9-11-37(12-10-35)23-3-4-25(32-18-23)29(39)33-22-5-7-36(8-6-22)24-16-30-17-24/h3-4,13-15,18,22,24,30H,2,5-12,16-17,19H2,1H3,(H,33,39)(H,34,38). The van der Waals surface area contributed by atoms with Gasteiger partial charge in [-0.3, -0.25) is 24.4 Å². The number of carbonyl (C=O) groups excluding carboxylic acids is 1. The third kappa shape index (κ3) is 5.83. The maximum absolute atomic E-state index is 12.8. The van der Waals surface area contributed by atoms with Gasteiger partial charge in [0.1, 0.15) is 5.69 Å². The first kappa shape index (κ1) is 25.9. The first-order valence-corrected chi connectivity index (χ1v) is 14.3. The molecule has 3 N–H and O–H groups in total. The van der Waals surface area contributed by atoms with Crippen molar-refractivity contribution in [1.29, 1.82) is 0 Å². The summed E-state index contributed by atoms with van der Waals surface area (Å²) in [6.07, 6.45) is 6.43. The number of anilines is 1. The number of nitrogens with one attached hydrogen (secondary N) is 3. The quantitative estimate of drug-likeness (QED) is 0.420. The average molecular weight is 531 g/mol. The minimum Gasteiger partial charge on any atom is -0.368 e. The Kier molecular flexibility index (Phi) is 7.58. The fraction of sp³-hybridized carbons (Fsp3) is 0.517. The summed E-state index contributed by atoms with van der Waals surface area (Å²) in [5.74, 6) is -0.0774. The largest absolute Gasteiger partial charge is 0.368 e. The van der Waals surface area contributed by atoms with E-state index in [2.05, 4.69) is 40.3 Å². The highest BCUT2D eigenvalue weighted by molar-refractivity contribution is 5.92. The van der Waals surface area contributed by atoms with E-state index in [0.29, 0.717) is 18.2 Å². The Morgan fingerprint density at radius 3 is 2.49 bits per heavy atom. The van der Waals surface area contributed by atoms with Gasteiger partial charge < -0.3 is 20.5 Å². The Morgan fingerprint density at radius 2 is 1.82 bits per heavy atom. The van der Waals surface area contributed by atoms with E-state index < -0.39 is 0 Å². The fourth-order valence-corrected chi connectivity index (χ4v) is 5.85. The predicted octanol–water partition coefficient (Wildman–Crippen LogP) is 1.37. The maximum atomic E-state index is 12.8. The number of piperazine rings is 1. The van der Waals surface area contributed by atoms with Gasteiger partial charge in [0.05, 0.1) is 22.9 Å². The average Bonchev–Trinajstić information content (AvgIpc) is 2.93. The molecule has 0 aliphatic carbocycles. The van der Waals surface area contributed by atoms with Crippen LogP contribution in [-0.4, -0.2) is 95.1 Å². The number of hydrogen-bond acceptors (Lipinski definition) is 8. The Morgan fingerprint density at radius 1 is 1.03 bits per heavy atom. The number of aromatic amines is 1. The Labute approximate surface area is 228 Å². The Balaban J connectivity index is 0.984. The zero-order valence-corrected chi connectivity index (χ0v) is 22.7. The van der Waals surface area contributed by atoms with Crippen LogP contribution in [-0.2, 0) is 13.0 Å². The van der Waals surface area contributed by atoms with Crippen molar-refractivity contribution < 1.29 is 4.79 Å². The number of fused-ring (bicyclic) bond motifs is 1. The van der Waals surface area contributed by atoms with E-state index in [1.54, 1.807) is 0 Å². The lowest BCUT2D eigenvalue weighted by Gasteiger charge is -2.42. The minimum absolute atomic E-state index is 0.0304.